The van der Waals surface area contributed by atoms with E-state index in [1.165, 1.54) is 0 Å². The first-order valence-corrected chi connectivity index (χ1v) is 11.2. The molecule has 2 fully saturated rings. The third-order valence-electron chi connectivity index (χ3n) is 5.81. The van der Waals surface area contributed by atoms with E-state index >= 15 is 0 Å². The van der Waals surface area contributed by atoms with Gasteiger partial charge in [0.15, 0.2) is 0 Å². The van der Waals surface area contributed by atoms with Crippen molar-refractivity contribution in [3.63, 3.8) is 0 Å². The summed E-state index contributed by atoms with van der Waals surface area (Å²) in [7, 11) is 0. The number of nitrogens with zero attached hydrogens (tertiary/aromatic N) is 3. The SMILES string of the molecule is O=C(NCC1CCCO1)c1cccnc1N1CCN(C(=O)COCc2ccccc2)CC1. The molecule has 0 bridgehead atoms. The van der Waals surface area contributed by atoms with E-state index in [2.05, 4.69) is 15.2 Å². The van der Waals surface area contributed by atoms with E-state index < -0.39 is 0 Å². The monoisotopic (exact) mass is 438 g/mol. The third kappa shape index (κ3) is 5.83. The van der Waals surface area contributed by atoms with Gasteiger partial charge in [0.2, 0.25) is 5.91 Å². The summed E-state index contributed by atoms with van der Waals surface area (Å²) in [6.07, 6.45) is 3.81. The first kappa shape index (κ1) is 22.2. The van der Waals surface area contributed by atoms with Crippen LogP contribution in [0.1, 0.15) is 28.8 Å². The van der Waals surface area contributed by atoms with Crippen molar-refractivity contribution >= 4 is 17.6 Å². The van der Waals surface area contributed by atoms with Gasteiger partial charge in [-0.1, -0.05) is 30.3 Å². The predicted octanol–water partition coefficient (Wildman–Crippen LogP) is 1.86. The summed E-state index contributed by atoms with van der Waals surface area (Å²) in [5.74, 6) is 0.498. The zero-order chi connectivity index (χ0) is 22.2. The van der Waals surface area contributed by atoms with Crippen LogP contribution in [0.5, 0.6) is 0 Å². The van der Waals surface area contributed by atoms with Crippen molar-refractivity contribution < 1.29 is 19.1 Å². The van der Waals surface area contributed by atoms with Gasteiger partial charge in [-0.2, -0.15) is 0 Å². The summed E-state index contributed by atoms with van der Waals surface area (Å²) < 4.78 is 11.2. The zero-order valence-corrected chi connectivity index (χ0v) is 18.2. The van der Waals surface area contributed by atoms with Crippen LogP contribution in [0.2, 0.25) is 0 Å². The van der Waals surface area contributed by atoms with Crippen molar-refractivity contribution in [3.8, 4) is 0 Å². The normalized spacial score (nSPS) is 18.6. The molecule has 0 aliphatic carbocycles. The van der Waals surface area contributed by atoms with Crippen LogP contribution in [0.4, 0.5) is 5.82 Å². The summed E-state index contributed by atoms with van der Waals surface area (Å²) in [5, 5.41) is 2.97. The number of benzene rings is 1. The summed E-state index contributed by atoms with van der Waals surface area (Å²) in [4.78, 5) is 33.6. The molecule has 1 aromatic heterocycles. The van der Waals surface area contributed by atoms with Gasteiger partial charge in [-0.25, -0.2) is 4.98 Å². The number of anilines is 1. The Bertz CT molecular complexity index is 894. The third-order valence-corrected chi connectivity index (χ3v) is 5.81. The molecule has 3 heterocycles. The second-order valence-corrected chi connectivity index (χ2v) is 8.07. The Labute approximate surface area is 188 Å². The number of hydrogen-bond donors (Lipinski definition) is 1. The zero-order valence-electron chi connectivity index (χ0n) is 18.2. The van der Waals surface area contributed by atoms with E-state index in [0.717, 1.165) is 25.0 Å². The average molecular weight is 439 g/mol. The fourth-order valence-electron chi connectivity index (χ4n) is 4.02. The predicted molar refractivity (Wildman–Crippen MR) is 120 cm³/mol. The van der Waals surface area contributed by atoms with Crippen LogP contribution in [-0.2, 0) is 20.9 Å². The number of carbonyl (C=O) groups excluding carboxylic acids is 2. The van der Waals surface area contributed by atoms with Gasteiger partial charge in [-0.05, 0) is 30.5 Å². The molecule has 32 heavy (non-hydrogen) atoms. The lowest BCUT2D eigenvalue weighted by Gasteiger charge is -2.36. The van der Waals surface area contributed by atoms with Gasteiger partial charge in [-0.3, -0.25) is 9.59 Å². The molecule has 0 saturated carbocycles. The van der Waals surface area contributed by atoms with Crippen molar-refractivity contribution in [2.75, 3.05) is 50.8 Å². The highest BCUT2D eigenvalue weighted by Gasteiger charge is 2.25. The second-order valence-electron chi connectivity index (χ2n) is 8.07. The molecule has 1 aromatic carbocycles. The van der Waals surface area contributed by atoms with Crippen LogP contribution >= 0.6 is 0 Å². The molecule has 2 aliphatic heterocycles. The smallest absolute Gasteiger partial charge is 0.255 e. The fourth-order valence-corrected chi connectivity index (χ4v) is 4.02. The molecule has 0 spiro atoms. The molecule has 170 valence electrons. The maximum atomic E-state index is 12.8. The molecule has 4 rings (SSSR count). The number of amides is 2. The van der Waals surface area contributed by atoms with Crippen LogP contribution in [0.15, 0.2) is 48.7 Å². The van der Waals surface area contributed by atoms with Gasteiger partial charge in [0.1, 0.15) is 12.4 Å². The highest BCUT2D eigenvalue weighted by atomic mass is 16.5. The number of nitrogens with one attached hydrogen (secondary N) is 1. The molecule has 1 atom stereocenters. The topological polar surface area (TPSA) is 84.0 Å². The van der Waals surface area contributed by atoms with E-state index in [0.29, 0.717) is 50.7 Å². The number of carbonyl (C=O) groups is 2. The Hall–Kier alpha value is -2.97. The second kappa shape index (κ2) is 11.1. The minimum absolute atomic E-state index is 0.0175. The first-order chi connectivity index (χ1) is 15.7. The van der Waals surface area contributed by atoms with E-state index in [1.54, 1.807) is 18.3 Å². The molecular formula is C24H30N4O4. The Morgan fingerprint density at radius 3 is 2.66 bits per heavy atom. The number of rotatable bonds is 8. The van der Waals surface area contributed by atoms with Crippen molar-refractivity contribution in [1.29, 1.82) is 0 Å². The highest BCUT2D eigenvalue weighted by molar-refractivity contribution is 5.99. The van der Waals surface area contributed by atoms with E-state index in [4.69, 9.17) is 9.47 Å². The van der Waals surface area contributed by atoms with E-state index in [-0.39, 0.29) is 24.5 Å². The van der Waals surface area contributed by atoms with Gasteiger partial charge in [-0.15, -0.1) is 0 Å². The number of aromatic nitrogens is 1. The summed E-state index contributed by atoms with van der Waals surface area (Å²) in [6.45, 7) is 4.14. The molecular weight excluding hydrogens is 408 g/mol. The van der Waals surface area contributed by atoms with Crippen molar-refractivity contribution in [1.82, 2.24) is 15.2 Å². The summed E-state index contributed by atoms with van der Waals surface area (Å²) in [6, 6.07) is 13.4. The molecule has 0 radical (unpaired) electrons. The van der Waals surface area contributed by atoms with E-state index in [9.17, 15) is 9.59 Å². The van der Waals surface area contributed by atoms with Gasteiger partial charge >= 0.3 is 0 Å². The van der Waals surface area contributed by atoms with Crippen LogP contribution in [0.3, 0.4) is 0 Å². The lowest BCUT2D eigenvalue weighted by atomic mass is 10.2. The number of piperazine rings is 1. The first-order valence-electron chi connectivity index (χ1n) is 11.2. The van der Waals surface area contributed by atoms with Gasteiger partial charge in [0.05, 0.1) is 18.3 Å². The fraction of sp³-hybridized carbons (Fsp3) is 0.458. The quantitative estimate of drug-likeness (QED) is 0.677. The van der Waals surface area contributed by atoms with E-state index in [1.807, 2.05) is 35.2 Å². The lowest BCUT2D eigenvalue weighted by molar-refractivity contribution is -0.136. The largest absolute Gasteiger partial charge is 0.376 e. The van der Waals surface area contributed by atoms with Gasteiger partial charge < -0.3 is 24.6 Å². The summed E-state index contributed by atoms with van der Waals surface area (Å²) >= 11 is 0. The molecule has 1 N–H and O–H groups in total. The van der Waals surface area contributed by atoms with Crippen molar-refractivity contribution in [3.05, 3.63) is 59.8 Å². The number of ether oxygens (including phenoxy) is 2. The van der Waals surface area contributed by atoms with Crippen LogP contribution in [0, 0.1) is 0 Å². The minimum Gasteiger partial charge on any atom is -0.376 e. The summed E-state index contributed by atoms with van der Waals surface area (Å²) in [5.41, 5.74) is 1.60. The Kier molecular flexibility index (Phi) is 7.68. The molecule has 2 aromatic rings. The molecule has 2 saturated heterocycles. The van der Waals surface area contributed by atoms with Crippen LogP contribution < -0.4 is 10.2 Å². The Balaban J connectivity index is 1.26. The Morgan fingerprint density at radius 2 is 1.91 bits per heavy atom. The Morgan fingerprint density at radius 1 is 1.09 bits per heavy atom. The molecule has 1 unspecified atom stereocenters. The van der Waals surface area contributed by atoms with Crippen LogP contribution in [0.25, 0.3) is 0 Å². The lowest BCUT2D eigenvalue weighted by Crippen LogP contribution is -2.50. The maximum absolute atomic E-state index is 12.8. The molecule has 8 heteroatoms. The molecule has 8 nitrogen and oxygen atoms in total. The van der Waals surface area contributed by atoms with Gasteiger partial charge in [0.25, 0.3) is 5.91 Å². The van der Waals surface area contributed by atoms with Crippen molar-refractivity contribution in [2.45, 2.75) is 25.6 Å². The molecule has 2 aliphatic rings. The van der Waals surface area contributed by atoms with Crippen molar-refractivity contribution in [2.24, 2.45) is 0 Å². The minimum atomic E-state index is -0.142. The highest BCUT2D eigenvalue weighted by Crippen LogP contribution is 2.19. The van der Waals surface area contributed by atoms with Crippen LogP contribution in [-0.4, -0.2) is 73.7 Å². The number of hydrogen-bond acceptors (Lipinski definition) is 6. The number of pyridine rings is 1. The van der Waals surface area contributed by atoms with Gasteiger partial charge in [0, 0.05) is 45.5 Å². The maximum Gasteiger partial charge on any atom is 0.255 e. The standard InChI is InChI=1S/C24H30N4O4/c29-22(18-31-17-19-6-2-1-3-7-19)27-11-13-28(14-12-27)23-21(9-4-10-25-23)24(30)26-16-20-8-5-15-32-20/h1-4,6-7,9-10,20H,5,8,11-18H2,(H,26,30). The molecule has 2 amide bonds. The average Bonchev–Trinajstić information content (AvgIpc) is 3.37.